The average Bonchev–Trinajstić information content (AvgIpc) is 2.39. The van der Waals surface area contributed by atoms with Gasteiger partial charge in [0.1, 0.15) is 6.10 Å². The molecule has 1 heterocycles. The lowest BCUT2D eigenvalue weighted by Crippen LogP contribution is -2.22. The van der Waals surface area contributed by atoms with Crippen molar-refractivity contribution in [2.75, 3.05) is 0 Å². The Morgan fingerprint density at radius 2 is 2.00 bits per heavy atom. The SMILES string of the molecule is Cc1cnc(C(C)C)c(C(=O)OC2CCCCC2)c1. The maximum absolute atomic E-state index is 12.3. The summed E-state index contributed by atoms with van der Waals surface area (Å²) in [6, 6.07) is 1.90. The number of carbonyl (C=O) groups excluding carboxylic acids is 1. The van der Waals surface area contributed by atoms with Crippen molar-refractivity contribution >= 4 is 5.97 Å². The molecule has 0 N–H and O–H groups in total. The van der Waals surface area contributed by atoms with E-state index in [1.54, 1.807) is 0 Å². The van der Waals surface area contributed by atoms with Crippen LogP contribution in [-0.4, -0.2) is 17.1 Å². The fourth-order valence-corrected chi connectivity index (χ4v) is 2.60. The van der Waals surface area contributed by atoms with Crippen LogP contribution < -0.4 is 0 Å². The lowest BCUT2D eigenvalue weighted by atomic mass is 9.97. The number of nitrogens with zero attached hydrogens (tertiary/aromatic N) is 1. The fraction of sp³-hybridized carbons (Fsp3) is 0.625. The van der Waals surface area contributed by atoms with Crippen LogP contribution in [0.1, 0.15) is 73.5 Å². The van der Waals surface area contributed by atoms with Crippen LogP contribution in [0.2, 0.25) is 0 Å². The third-order valence-electron chi connectivity index (χ3n) is 3.65. The molecule has 0 bridgehead atoms. The summed E-state index contributed by atoms with van der Waals surface area (Å²) in [5.74, 6) is 0.0290. The van der Waals surface area contributed by atoms with E-state index in [1.807, 2.05) is 19.2 Å². The second-order valence-electron chi connectivity index (χ2n) is 5.77. The number of esters is 1. The first-order chi connectivity index (χ1) is 9.08. The lowest BCUT2D eigenvalue weighted by Gasteiger charge is -2.22. The predicted molar refractivity (Wildman–Crippen MR) is 75.4 cm³/mol. The van der Waals surface area contributed by atoms with Crippen LogP contribution in [0.4, 0.5) is 0 Å². The Morgan fingerprint density at radius 3 is 2.63 bits per heavy atom. The molecule has 2 rings (SSSR count). The number of ether oxygens (including phenoxy) is 1. The van der Waals surface area contributed by atoms with Gasteiger partial charge in [0.05, 0.1) is 11.3 Å². The van der Waals surface area contributed by atoms with Crippen molar-refractivity contribution in [1.29, 1.82) is 0 Å². The zero-order chi connectivity index (χ0) is 13.8. The summed E-state index contributed by atoms with van der Waals surface area (Å²) in [5.41, 5.74) is 2.48. The molecule has 0 saturated heterocycles. The van der Waals surface area contributed by atoms with Gasteiger partial charge in [-0.1, -0.05) is 20.3 Å². The normalized spacial score (nSPS) is 16.6. The smallest absolute Gasteiger partial charge is 0.340 e. The zero-order valence-electron chi connectivity index (χ0n) is 12.1. The quantitative estimate of drug-likeness (QED) is 0.772. The molecule has 0 aliphatic heterocycles. The van der Waals surface area contributed by atoms with E-state index in [-0.39, 0.29) is 18.0 Å². The van der Waals surface area contributed by atoms with Crippen molar-refractivity contribution in [3.05, 3.63) is 29.1 Å². The maximum Gasteiger partial charge on any atom is 0.340 e. The topological polar surface area (TPSA) is 39.2 Å². The van der Waals surface area contributed by atoms with E-state index in [0.717, 1.165) is 24.1 Å². The number of aromatic nitrogens is 1. The van der Waals surface area contributed by atoms with Gasteiger partial charge >= 0.3 is 5.97 Å². The van der Waals surface area contributed by atoms with Crippen molar-refractivity contribution in [2.45, 2.75) is 64.9 Å². The first-order valence-corrected chi connectivity index (χ1v) is 7.25. The number of hydrogen-bond acceptors (Lipinski definition) is 3. The molecule has 1 aromatic rings. The minimum Gasteiger partial charge on any atom is -0.459 e. The van der Waals surface area contributed by atoms with Gasteiger partial charge in [-0.15, -0.1) is 0 Å². The van der Waals surface area contributed by atoms with Gasteiger partial charge in [-0.2, -0.15) is 0 Å². The number of pyridine rings is 1. The van der Waals surface area contributed by atoms with Gasteiger partial charge in [-0.3, -0.25) is 4.98 Å². The summed E-state index contributed by atoms with van der Waals surface area (Å²) in [4.78, 5) is 16.7. The first-order valence-electron chi connectivity index (χ1n) is 7.25. The van der Waals surface area contributed by atoms with Crippen molar-refractivity contribution in [3.63, 3.8) is 0 Å². The van der Waals surface area contributed by atoms with Crippen molar-refractivity contribution < 1.29 is 9.53 Å². The molecule has 1 saturated carbocycles. The molecule has 1 aliphatic carbocycles. The highest BCUT2D eigenvalue weighted by molar-refractivity contribution is 5.91. The summed E-state index contributed by atoms with van der Waals surface area (Å²) < 4.78 is 5.64. The van der Waals surface area contributed by atoms with E-state index in [0.29, 0.717) is 5.56 Å². The first kappa shape index (κ1) is 14.0. The molecule has 19 heavy (non-hydrogen) atoms. The van der Waals surface area contributed by atoms with Crippen molar-refractivity contribution in [2.24, 2.45) is 0 Å². The number of hydrogen-bond donors (Lipinski definition) is 0. The van der Waals surface area contributed by atoms with Gasteiger partial charge in [-0.25, -0.2) is 4.79 Å². The van der Waals surface area contributed by atoms with Crippen molar-refractivity contribution in [3.8, 4) is 0 Å². The Morgan fingerprint density at radius 1 is 1.32 bits per heavy atom. The standard InChI is InChI=1S/C16H23NO2/c1-11(2)15-14(9-12(3)10-17-15)16(18)19-13-7-5-4-6-8-13/h9-11,13H,4-8H2,1-3H3. The molecule has 0 aromatic carbocycles. The molecule has 1 fully saturated rings. The number of carbonyl (C=O) groups is 1. The lowest BCUT2D eigenvalue weighted by molar-refractivity contribution is 0.0209. The third-order valence-corrected chi connectivity index (χ3v) is 3.65. The molecule has 1 aromatic heterocycles. The largest absolute Gasteiger partial charge is 0.459 e. The molecule has 104 valence electrons. The number of aryl methyl sites for hydroxylation is 1. The highest BCUT2D eigenvalue weighted by atomic mass is 16.5. The molecule has 3 nitrogen and oxygen atoms in total. The Balaban J connectivity index is 2.15. The third kappa shape index (κ3) is 3.55. The van der Waals surface area contributed by atoms with Crippen molar-refractivity contribution in [1.82, 2.24) is 4.98 Å². The summed E-state index contributed by atoms with van der Waals surface area (Å²) in [6.07, 6.45) is 7.51. The monoisotopic (exact) mass is 261 g/mol. The predicted octanol–water partition coefficient (Wildman–Crippen LogP) is 4.00. The minimum atomic E-state index is -0.202. The van der Waals surface area contributed by atoms with Gasteiger partial charge in [0.2, 0.25) is 0 Å². The highest BCUT2D eigenvalue weighted by Crippen LogP contribution is 2.24. The number of rotatable bonds is 3. The maximum atomic E-state index is 12.3. The average molecular weight is 261 g/mol. The van der Waals surface area contributed by atoms with E-state index >= 15 is 0 Å². The Kier molecular flexibility index (Phi) is 4.56. The second-order valence-corrected chi connectivity index (χ2v) is 5.77. The van der Waals surface area contributed by atoms with Gasteiger partial charge in [0, 0.05) is 6.20 Å². The fourth-order valence-electron chi connectivity index (χ4n) is 2.60. The molecular weight excluding hydrogens is 238 g/mol. The molecule has 0 radical (unpaired) electrons. The van der Waals surface area contributed by atoms with E-state index in [9.17, 15) is 4.79 Å². The molecular formula is C16H23NO2. The summed E-state index contributed by atoms with van der Waals surface area (Å²) in [5, 5.41) is 0. The Hall–Kier alpha value is -1.38. The molecule has 0 spiro atoms. The van der Waals surface area contributed by atoms with Crippen LogP contribution in [0.25, 0.3) is 0 Å². The zero-order valence-corrected chi connectivity index (χ0v) is 12.1. The van der Waals surface area contributed by atoms with Gasteiger partial charge in [0.15, 0.2) is 0 Å². The van der Waals surface area contributed by atoms with Gasteiger partial charge in [-0.05, 0) is 50.2 Å². The Labute approximate surface area is 115 Å². The molecule has 0 unspecified atom stereocenters. The van der Waals surface area contributed by atoms with Crippen LogP contribution in [-0.2, 0) is 4.74 Å². The van der Waals surface area contributed by atoms with E-state index in [2.05, 4.69) is 18.8 Å². The van der Waals surface area contributed by atoms with Crippen LogP contribution in [0.3, 0.4) is 0 Å². The van der Waals surface area contributed by atoms with Gasteiger partial charge < -0.3 is 4.74 Å². The summed E-state index contributed by atoms with van der Waals surface area (Å²) in [6.45, 7) is 6.05. The summed E-state index contributed by atoms with van der Waals surface area (Å²) >= 11 is 0. The van der Waals surface area contributed by atoms with E-state index < -0.39 is 0 Å². The second kappa shape index (κ2) is 6.18. The summed E-state index contributed by atoms with van der Waals surface area (Å²) in [7, 11) is 0. The Bertz CT molecular complexity index is 448. The highest BCUT2D eigenvalue weighted by Gasteiger charge is 2.22. The van der Waals surface area contributed by atoms with Crippen LogP contribution in [0.5, 0.6) is 0 Å². The van der Waals surface area contributed by atoms with Crippen LogP contribution >= 0.6 is 0 Å². The van der Waals surface area contributed by atoms with Gasteiger partial charge in [0.25, 0.3) is 0 Å². The molecule has 1 aliphatic rings. The van der Waals surface area contributed by atoms with Crippen LogP contribution in [0.15, 0.2) is 12.3 Å². The van der Waals surface area contributed by atoms with Crippen LogP contribution in [0, 0.1) is 6.92 Å². The molecule has 3 heteroatoms. The molecule has 0 amide bonds. The molecule has 0 atom stereocenters. The van der Waals surface area contributed by atoms with E-state index in [4.69, 9.17) is 4.74 Å². The minimum absolute atomic E-state index is 0.0989. The van der Waals surface area contributed by atoms with E-state index in [1.165, 1.54) is 19.3 Å².